The van der Waals surface area contributed by atoms with Crippen LogP contribution in [0.25, 0.3) is 11.6 Å². The Kier molecular flexibility index (Phi) is 7.93. The number of oxime groups is 1. The summed E-state index contributed by atoms with van der Waals surface area (Å²) in [6.45, 7) is 0.490. The van der Waals surface area contributed by atoms with Crippen LogP contribution in [-0.2, 0) is 17.8 Å². The van der Waals surface area contributed by atoms with E-state index in [-0.39, 0.29) is 0 Å². The van der Waals surface area contributed by atoms with E-state index in [2.05, 4.69) is 5.16 Å². The van der Waals surface area contributed by atoms with Gasteiger partial charge in [0.1, 0.15) is 23.9 Å². The Labute approximate surface area is 228 Å². The first-order valence-electron chi connectivity index (χ1n) is 12.6. The Hall–Kier alpha value is -4.97. The second-order valence-electron chi connectivity index (χ2n) is 8.96. The zero-order valence-electron chi connectivity index (χ0n) is 21.8. The van der Waals surface area contributed by atoms with Crippen molar-refractivity contribution in [3.8, 4) is 17.2 Å². The van der Waals surface area contributed by atoms with E-state index >= 15 is 0 Å². The predicted molar refractivity (Wildman–Crippen MR) is 152 cm³/mol. The first kappa shape index (κ1) is 25.7. The van der Waals surface area contributed by atoms with Gasteiger partial charge < -0.3 is 24.2 Å². The molecule has 4 aromatic carbocycles. The van der Waals surface area contributed by atoms with E-state index in [0.717, 1.165) is 45.1 Å². The van der Waals surface area contributed by atoms with E-state index in [9.17, 15) is 5.21 Å². The van der Waals surface area contributed by atoms with Crippen LogP contribution in [0.3, 0.4) is 0 Å². The molecule has 39 heavy (non-hydrogen) atoms. The molecule has 1 N–H and O–H groups in total. The summed E-state index contributed by atoms with van der Waals surface area (Å²) < 4.78 is 22.6. The molecule has 4 aromatic rings. The van der Waals surface area contributed by atoms with Crippen LogP contribution in [0.1, 0.15) is 22.3 Å². The van der Waals surface area contributed by atoms with Crippen LogP contribution < -0.4 is 14.2 Å². The lowest BCUT2D eigenvalue weighted by Gasteiger charge is -2.27. The lowest BCUT2D eigenvalue weighted by Crippen LogP contribution is -2.25. The smallest absolute Gasteiger partial charge is 0.187 e. The third-order valence-corrected chi connectivity index (χ3v) is 6.44. The Morgan fingerprint density at radius 2 is 1.36 bits per heavy atom. The highest BCUT2D eigenvalue weighted by Gasteiger charge is 2.33. The maximum absolute atomic E-state index is 9.92. The van der Waals surface area contributed by atoms with Crippen LogP contribution in [0, 0.1) is 0 Å². The van der Waals surface area contributed by atoms with E-state index < -0.39 is 0 Å². The van der Waals surface area contributed by atoms with Crippen molar-refractivity contribution in [3.63, 3.8) is 0 Å². The van der Waals surface area contributed by atoms with Gasteiger partial charge in [-0.25, -0.2) is 0 Å². The fourth-order valence-electron chi connectivity index (χ4n) is 4.27. The molecule has 0 aromatic heterocycles. The monoisotopic (exact) mass is 519 g/mol. The molecule has 5 rings (SSSR count). The van der Waals surface area contributed by atoms with Crippen LogP contribution in [0.15, 0.2) is 120 Å². The first-order chi connectivity index (χ1) is 19.2. The molecule has 196 valence electrons. The number of methoxy groups -OCH3 is 2. The number of hydrogen-bond donors (Lipinski definition) is 1. The van der Waals surface area contributed by atoms with Gasteiger partial charge in [0.15, 0.2) is 17.2 Å². The van der Waals surface area contributed by atoms with Gasteiger partial charge in [0.25, 0.3) is 0 Å². The molecule has 0 atom stereocenters. The second-order valence-corrected chi connectivity index (χ2v) is 8.96. The van der Waals surface area contributed by atoms with E-state index in [0.29, 0.717) is 30.3 Å². The van der Waals surface area contributed by atoms with Crippen molar-refractivity contribution >= 4 is 17.4 Å². The highest BCUT2D eigenvalue weighted by Crippen LogP contribution is 2.37. The zero-order chi connectivity index (χ0) is 27.0. The Bertz CT molecular complexity index is 1490. The molecule has 1 saturated heterocycles. The van der Waals surface area contributed by atoms with Crippen molar-refractivity contribution in [2.45, 2.75) is 13.0 Å². The maximum atomic E-state index is 9.92. The fraction of sp³-hybridized carbons (Fsp3) is 0.121. The number of rotatable bonds is 9. The molecular weight excluding hydrogens is 490 g/mol. The van der Waals surface area contributed by atoms with Gasteiger partial charge in [0.2, 0.25) is 0 Å². The summed E-state index contributed by atoms with van der Waals surface area (Å²) in [5.74, 6) is 3.34. The Morgan fingerprint density at radius 3 is 1.97 bits per heavy atom. The highest BCUT2D eigenvalue weighted by atomic mass is 16.5. The minimum absolute atomic E-state index is 0.402. The van der Waals surface area contributed by atoms with Gasteiger partial charge in [0, 0.05) is 12.0 Å². The fourth-order valence-corrected chi connectivity index (χ4v) is 4.27. The zero-order valence-corrected chi connectivity index (χ0v) is 21.8. The van der Waals surface area contributed by atoms with Gasteiger partial charge in [-0.15, -0.1) is 0 Å². The average molecular weight is 520 g/mol. The van der Waals surface area contributed by atoms with Gasteiger partial charge in [-0.1, -0.05) is 71.9 Å². The lowest BCUT2D eigenvalue weighted by molar-refractivity contribution is 0.276. The molecule has 0 radical (unpaired) electrons. The van der Waals surface area contributed by atoms with Gasteiger partial charge in [-0.2, -0.15) is 0 Å². The number of hydrogen-bond acceptors (Lipinski definition) is 6. The third kappa shape index (κ3) is 6.13. The van der Waals surface area contributed by atoms with Crippen LogP contribution in [0.4, 0.5) is 0 Å². The molecule has 0 unspecified atom stereocenters. The van der Waals surface area contributed by atoms with Crippen molar-refractivity contribution in [2.24, 2.45) is 5.16 Å². The van der Waals surface area contributed by atoms with E-state index in [1.165, 1.54) is 0 Å². The summed E-state index contributed by atoms with van der Waals surface area (Å²) in [6.07, 6.45) is 2.40. The third-order valence-electron chi connectivity index (χ3n) is 6.44. The summed E-state index contributed by atoms with van der Waals surface area (Å²) in [4.78, 5) is 0. The van der Waals surface area contributed by atoms with Gasteiger partial charge in [0.05, 0.1) is 14.2 Å². The van der Waals surface area contributed by atoms with Gasteiger partial charge >= 0.3 is 0 Å². The van der Waals surface area contributed by atoms with Crippen molar-refractivity contribution in [1.82, 2.24) is 0 Å². The maximum Gasteiger partial charge on any atom is 0.187 e. The molecule has 0 aliphatic carbocycles. The molecule has 6 heteroatoms. The van der Waals surface area contributed by atoms with Gasteiger partial charge in [-0.3, -0.25) is 0 Å². The minimum atomic E-state index is 0.402. The Morgan fingerprint density at radius 1 is 0.744 bits per heavy atom. The summed E-state index contributed by atoms with van der Waals surface area (Å²) >= 11 is 0. The number of ether oxygens (including phenoxy) is 4. The molecule has 0 spiro atoms. The molecule has 1 fully saturated rings. The van der Waals surface area contributed by atoms with Crippen LogP contribution in [0.2, 0.25) is 0 Å². The molecule has 1 heterocycles. The summed E-state index contributed by atoms with van der Waals surface area (Å²) in [5.41, 5.74) is 5.32. The van der Waals surface area contributed by atoms with Crippen LogP contribution in [-0.4, -0.2) is 25.1 Å². The normalized spacial score (nSPS) is 15.8. The lowest BCUT2D eigenvalue weighted by atomic mass is 9.93. The second kappa shape index (κ2) is 12.0. The quantitative estimate of drug-likeness (QED) is 0.188. The summed E-state index contributed by atoms with van der Waals surface area (Å²) in [7, 11) is 3.27. The minimum Gasteiger partial charge on any atom is -0.497 e. The topological polar surface area (TPSA) is 69.5 Å². The number of benzene rings is 4. The summed E-state index contributed by atoms with van der Waals surface area (Å²) in [5, 5.41) is 13.5. The predicted octanol–water partition coefficient (Wildman–Crippen LogP) is 7.14. The molecular formula is C33H29NO5. The van der Waals surface area contributed by atoms with E-state index in [1.54, 1.807) is 14.2 Å². The SMILES string of the molecule is COc1ccc(\C=C2/OC(=C(/Cc3ccc(OC)cc3)c3ccc(OCc4ccccc4)cc3)/C2=N/O)cc1. The van der Waals surface area contributed by atoms with Crippen molar-refractivity contribution < 1.29 is 24.2 Å². The molecule has 1 aliphatic rings. The largest absolute Gasteiger partial charge is 0.497 e. The van der Waals surface area contributed by atoms with Crippen molar-refractivity contribution in [2.75, 3.05) is 14.2 Å². The van der Waals surface area contributed by atoms with Crippen LogP contribution in [0.5, 0.6) is 17.2 Å². The molecule has 0 saturated carbocycles. The van der Waals surface area contributed by atoms with E-state index in [4.69, 9.17) is 18.9 Å². The van der Waals surface area contributed by atoms with Gasteiger partial charge in [-0.05, 0) is 64.7 Å². The Balaban J connectivity index is 1.43. The highest BCUT2D eigenvalue weighted by molar-refractivity contribution is 6.20. The van der Waals surface area contributed by atoms with E-state index in [1.807, 2.05) is 109 Å². The molecule has 1 aliphatic heterocycles. The first-order valence-corrected chi connectivity index (χ1v) is 12.6. The average Bonchev–Trinajstić information content (AvgIpc) is 2.99. The molecule has 0 bridgehead atoms. The number of allylic oxidation sites excluding steroid dienone is 1. The molecule has 6 nitrogen and oxygen atoms in total. The summed E-state index contributed by atoms with van der Waals surface area (Å²) in [6, 6.07) is 33.4. The number of nitrogens with zero attached hydrogens (tertiary/aromatic N) is 1. The molecule has 0 amide bonds. The standard InChI is InChI=1S/C33H29NO5/c1-36-27-14-8-23(9-15-27)20-30(26-12-18-29(19-13-26)38-22-25-6-4-3-5-7-25)33-32(34-35)31(39-33)21-24-10-16-28(37-2)17-11-24/h3-19,21,35H,20,22H2,1-2H3/b31-21-,33-30-,34-32+. The van der Waals surface area contributed by atoms with Crippen molar-refractivity contribution in [3.05, 3.63) is 137 Å². The van der Waals surface area contributed by atoms with Crippen LogP contribution >= 0.6 is 0 Å². The van der Waals surface area contributed by atoms with Crippen molar-refractivity contribution in [1.29, 1.82) is 0 Å².